The van der Waals surface area contributed by atoms with Crippen LogP contribution in [0.2, 0.25) is 0 Å². The van der Waals surface area contributed by atoms with Crippen LogP contribution in [0.5, 0.6) is 0 Å². The Kier molecular flexibility index (Phi) is 67.7. The molecule has 3 unspecified atom stereocenters. The van der Waals surface area contributed by atoms with E-state index in [1.165, 1.54) is 212 Å². The lowest BCUT2D eigenvalue weighted by molar-refractivity contribution is -0.161. The lowest BCUT2D eigenvalue weighted by atomic mass is 9.99. The Bertz CT molecular complexity index is 1820. The van der Waals surface area contributed by atoms with Gasteiger partial charge in [0.1, 0.15) is 19.3 Å². The zero-order valence-corrected chi connectivity index (χ0v) is 63.6. The zero-order chi connectivity index (χ0) is 69.8. The number of rotatable bonds is 76. The fourth-order valence-corrected chi connectivity index (χ4v) is 13.3. The average molecular weight is 1400 g/mol. The van der Waals surface area contributed by atoms with Crippen LogP contribution in [0.15, 0.2) is 0 Å². The van der Waals surface area contributed by atoms with Crippen molar-refractivity contribution in [2.75, 3.05) is 39.6 Å². The number of carbonyl (C=O) groups is 4. The molecule has 0 aliphatic heterocycles. The Morgan fingerprint density at radius 2 is 0.505 bits per heavy atom. The Balaban J connectivity index is 5.17. The molecule has 0 aromatic carbocycles. The number of unbranched alkanes of at least 4 members (excludes halogenated alkanes) is 47. The quantitative estimate of drug-likeness (QED) is 0.0222. The normalized spacial score (nSPS) is 14.2. The summed E-state index contributed by atoms with van der Waals surface area (Å²) in [6, 6.07) is 0. The van der Waals surface area contributed by atoms with Crippen LogP contribution in [-0.2, 0) is 65.4 Å². The third-order valence-electron chi connectivity index (χ3n) is 18.1. The van der Waals surface area contributed by atoms with Crippen molar-refractivity contribution in [3.05, 3.63) is 0 Å². The molecule has 0 saturated heterocycles. The second kappa shape index (κ2) is 69.2. The highest BCUT2D eigenvalue weighted by Crippen LogP contribution is 2.45. The molecule has 0 amide bonds. The summed E-state index contributed by atoms with van der Waals surface area (Å²) in [6.07, 6.45) is 58.5. The van der Waals surface area contributed by atoms with Gasteiger partial charge in [-0.25, -0.2) is 9.13 Å². The van der Waals surface area contributed by atoms with E-state index in [0.717, 1.165) is 109 Å². The van der Waals surface area contributed by atoms with E-state index in [9.17, 15) is 43.2 Å². The SMILES string of the molecule is CCCCCCCCCCCCCCCCCCCCCCCC(=O)O[C@H](COC(=O)CCCCCCCCCCCCCCCCC)COP(=O)(O)OC[C@@H](O)COP(=O)(O)OC[C@@H](COC(=O)CCCCCCCCC)OC(=O)CCCCCCCCCCC(C)CC. The van der Waals surface area contributed by atoms with Crippen molar-refractivity contribution in [1.82, 2.24) is 0 Å². The molecule has 0 saturated carbocycles. The van der Waals surface area contributed by atoms with Crippen LogP contribution in [0.25, 0.3) is 0 Å². The van der Waals surface area contributed by atoms with Gasteiger partial charge in [-0.1, -0.05) is 349 Å². The van der Waals surface area contributed by atoms with Gasteiger partial charge >= 0.3 is 39.5 Å². The number of phosphoric acid groups is 2. The predicted octanol–water partition coefficient (Wildman–Crippen LogP) is 22.5. The maximum Gasteiger partial charge on any atom is 0.472 e. The fraction of sp³-hybridized carbons (Fsp3) is 0.947. The minimum absolute atomic E-state index is 0.105. The summed E-state index contributed by atoms with van der Waals surface area (Å²) in [7, 11) is -9.90. The highest BCUT2D eigenvalue weighted by Gasteiger charge is 2.30. The van der Waals surface area contributed by atoms with E-state index >= 15 is 0 Å². The van der Waals surface area contributed by atoms with Gasteiger partial charge < -0.3 is 33.8 Å². The van der Waals surface area contributed by atoms with Gasteiger partial charge in [0.25, 0.3) is 0 Å². The number of hydrogen-bond donors (Lipinski definition) is 3. The van der Waals surface area contributed by atoms with E-state index in [1.54, 1.807) is 0 Å². The van der Waals surface area contributed by atoms with Crippen molar-refractivity contribution in [2.24, 2.45) is 5.92 Å². The standard InChI is InChI=1S/C76H148O17P2/c1-6-10-13-16-19-21-23-25-27-28-29-30-31-32-34-36-38-40-46-51-56-61-75(80)92-72(66-87-74(79)60-55-50-45-39-37-35-33-26-24-22-20-17-14-11-7-2)68-91-95(84,85)89-64-70(77)63-88-94(82,83)90-67-71(65-86-73(78)59-54-49-43-18-15-12-8-3)93-76(81)62-57-52-47-42-41-44-48-53-58-69(5)9-4/h69-72,77H,6-68H2,1-5H3,(H,82,83)(H,84,85)/t69?,70-,71+,72+/m0/s1. The topological polar surface area (TPSA) is 237 Å². The van der Waals surface area contributed by atoms with Crippen LogP contribution in [0, 0.1) is 5.92 Å². The Hall–Kier alpha value is -1.94. The van der Waals surface area contributed by atoms with Gasteiger partial charge in [-0.15, -0.1) is 0 Å². The highest BCUT2D eigenvalue weighted by atomic mass is 31.2. The molecule has 0 fully saturated rings. The molecule has 95 heavy (non-hydrogen) atoms. The molecule has 564 valence electrons. The van der Waals surface area contributed by atoms with Gasteiger partial charge in [-0.05, 0) is 31.6 Å². The fourth-order valence-electron chi connectivity index (χ4n) is 11.7. The van der Waals surface area contributed by atoms with Crippen LogP contribution in [0.3, 0.4) is 0 Å². The third-order valence-corrected chi connectivity index (χ3v) is 20.0. The summed E-state index contributed by atoms with van der Waals surface area (Å²) in [5.41, 5.74) is 0. The largest absolute Gasteiger partial charge is 0.472 e. The van der Waals surface area contributed by atoms with E-state index in [1.807, 2.05) is 0 Å². The zero-order valence-electron chi connectivity index (χ0n) is 61.8. The molecule has 3 N–H and O–H groups in total. The molecule has 0 heterocycles. The van der Waals surface area contributed by atoms with Crippen molar-refractivity contribution in [3.63, 3.8) is 0 Å². The van der Waals surface area contributed by atoms with Crippen molar-refractivity contribution < 1.29 is 80.2 Å². The molecule has 19 heteroatoms. The molecule has 0 radical (unpaired) electrons. The molecule has 0 aliphatic rings. The number of phosphoric ester groups is 2. The molecular weight excluding hydrogens is 1250 g/mol. The first kappa shape index (κ1) is 93.1. The van der Waals surface area contributed by atoms with Crippen molar-refractivity contribution in [1.29, 1.82) is 0 Å². The molecule has 0 rings (SSSR count). The molecule has 0 aromatic heterocycles. The van der Waals surface area contributed by atoms with Gasteiger partial charge in [0.15, 0.2) is 12.2 Å². The van der Waals surface area contributed by atoms with Crippen LogP contribution < -0.4 is 0 Å². The van der Waals surface area contributed by atoms with E-state index in [-0.39, 0.29) is 25.7 Å². The van der Waals surface area contributed by atoms with Gasteiger partial charge in [0.2, 0.25) is 0 Å². The van der Waals surface area contributed by atoms with Crippen molar-refractivity contribution in [3.8, 4) is 0 Å². The van der Waals surface area contributed by atoms with Gasteiger partial charge in [0.05, 0.1) is 26.4 Å². The van der Waals surface area contributed by atoms with Crippen LogP contribution in [-0.4, -0.2) is 96.7 Å². The van der Waals surface area contributed by atoms with E-state index in [4.69, 9.17) is 37.0 Å². The van der Waals surface area contributed by atoms with E-state index in [2.05, 4.69) is 34.6 Å². The third kappa shape index (κ3) is 69.0. The maximum absolute atomic E-state index is 13.1. The first-order chi connectivity index (χ1) is 46.1. The second-order valence-electron chi connectivity index (χ2n) is 27.6. The summed E-state index contributed by atoms with van der Waals surface area (Å²) in [5.74, 6) is -1.35. The number of aliphatic hydroxyl groups is 1. The highest BCUT2D eigenvalue weighted by molar-refractivity contribution is 7.47. The maximum atomic E-state index is 13.1. The first-order valence-corrected chi connectivity index (χ1v) is 42.7. The predicted molar refractivity (Wildman–Crippen MR) is 386 cm³/mol. The number of ether oxygens (including phenoxy) is 4. The Morgan fingerprint density at radius 3 is 0.747 bits per heavy atom. The van der Waals surface area contributed by atoms with Gasteiger partial charge in [-0.2, -0.15) is 0 Å². The summed E-state index contributed by atoms with van der Waals surface area (Å²) in [5, 5.41) is 10.6. The van der Waals surface area contributed by atoms with Crippen molar-refractivity contribution >= 4 is 39.5 Å². The first-order valence-electron chi connectivity index (χ1n) is 39.7. The monoisotopic (exact) mass is 1400 g/mol. The number of aliphatic hydroxyl groups excluding tert-OH is 1. The number of carbonyl (C=O) groups excluding carboxylic acids is 4. The van der Waals surface area contributed by atoms with Crippen LogP contribution in [0.1, 0.15) is 401 Å². The van der Waals surface area contributed by atoms with Crippen LogP contribution in [0.4, 0.5) is 0 Å². The second-order valence-corrected chi connectivity index (χ2v) is 30.5. The minimum Gasteiger partial charge on any atom is -0.462 e. The number of esters is 4. The molecule has 0 spiro atoms. The molecule has 0 aromatic rings. The lowest BCUT2D eigenvalue weighted by Crippen LogP contribution is -2.30. The van der Waals surface area contributed by atoms with E-state index < -0.39 is 97.5 Å². The number of hydrogen-bond acceptors (Lipinski definition) is 15. The minimum atomic E-state index is -4.96. The van der Waals surface area contributed by atoms with Crippen molar-refractivity contribution in [2.45, 2.75) is 419 Å². The van der Waals surface area contributed by atoms with Gasteiger partial charge in [0, 0.05) is 25.7 Å². The Labute approximate surface area is 581 Å². The smallest absolute Gasteiger partial charge is 0.462 e. The Morgan fingerprint density at radius 1 is 0.295 bits per heavy atom. The average Bonchev–Trinajstić information content (AvgIpc) is 2.08. The molecule has 6 atom stereocenters. The molecule has 0 aliphatic carbocycles. The summed E-state index contributed by atoms with van der Waals surface area (Å²) >= 11 is 0. The lowest BCUT2D eigenvalue weighted by Gasteiger charge is -2.21. The van der Waals surface area contributed by atoms with E-state index in [0.29, 0.717) is 25.7 Å². The summed E-state index contributed by atoms with van der Waals surface area (Å²) in [6.45, 7) is 7.24. The van der Waals surface area contributed by atoms with Gasteiger partial charge in [-0.3, -0.25) is 37.3 Å². The summed E-state index contributed by atoms with van der Waals surface area (Å²) in [4.78, 5) is 72.6. The van der Waals surface area contributed by atoms with Crippen LogP contribution >= 0.6 is 15.6 Å². The molecule has 0 bridgehead atoms. The molecule has 17 nitrogen and oxygen atoms in total. The summed E-state index contributed by atoms with van der Waals surface area (Å²) < 4.78 is 68.4. The molecular formula is C76H148O17P2.